The van der Waals surface area contributed by atoms with Crippen LogP contribution in [0.5, 0.6) is 0 Å². The quantitative estimate of drug-likeness (QED) is 0.249. The zero-order valence-electron chi connectivity index (χ0n) is 19.9. The number of nitrogens with zero attached hydrogens (tertiary/aromatic N) is 2. The molecule has 0 bridgehead atoms. The zero-order chi connectivity index (χ0) is 24.3. The number of para-hydroxylation sites is 1. The lowest BCUT2D eigenvalue weighted by Crippen LogP contribution is -2.44. The third-order valence-corrected chi connectivity index (χ3v) is 8.76. The van der Waals surface area contributed by atoms with Crippen molar-refractivity contribution in [1.82, 2.24) is 9.55 Å². The van der Waals surface area contributed by atoms with Gasteiger partial charge in [0, 0.05) is 16.5 Å². The van der Waals surface area contributed by atoms with Gasteiger partial charge >= 0.3 is 5.97 Å². The summed E-state index contributed by atoms with van der Waals surface area (Å²) in [5.41, 5.74) is 3.03. The van der Waals surface area contributed by atoms with Gasteiger partial charge in [-0.05, 0) is 56.1 Å². The number of esters is 1. The van der Waals surface area contributed by atoms with E-state index in [-0.39, 0.29) is 18.6 Å². The number of aliphatic hydroxyl groups is 1. The average Bonchev–Trinajstić information content (AvgIpc) is 3.17. The lowest BCUT2D eigenvalue weighted by molar-refractivity contribution is -0.172. The minimum Gasteiger partial charge on any atom is -0.458 e. The molecule has 3 aromatic rings. The Kier molecular flexibility index (Phi) is 5.50. The number of hydrogen-bond donors (Lipinski definition) is 2. The smallest absolute Gasteiger partial charge is 0.343 e. The van der Waals surface area contributed by atoms with E-state index in [1.54, 1.807) is 17.6 Å². The van der Waals surface area contributed by atoms with E-state index < -0.39 is 19.9 Å². The van der Waals surface area contributed by atoms with E-state index in [9.17, 15) is 19.5 Å². The number of aromatic nitrogens is 2. The van der Waals surface area contributed by atoms with E-state index in [0.717, 1.165) is 47.5 Å². The number of carbonyl (C=O) groups is 1. The van der Waals surface area contributed by atoms with E-state index in [2.05, 4.69) is 6.07 Å². The molecule has 0 spiro atoms. The highest BCUT2D eigenvalue weighted by atomic mass is 28.4. The molecule has 2 aliphatic heterocycles. The summed E-state index contributed by atoms with van der Waals surface area (Å²) in [6.45, 7) is 5.90. The minimum atomic E-state index is -2.09. The van der Waals surface area contributed by atoms with Gasteiger partial charge in [0.15, 0.2) is 13.9 Å². The number of pyridine rings is 2. The number of hydrogen-bond acceptors (Lipinski definition) is 6. The van der Waals surface area contributed by atoms with Crippen LogP contribution >= 0.6 is 0 Å². The van der Waals surface area contributed by atoms with E-state index in [4.69, 9.17) is 9.72 Å². The van der Waals surface area contributed by atoms with Crippen molar-refractivity contribution < 1.29 is 19.4 Å². The summed E-state index contributed by atoms with van der Waals surface area (Å²) in [6.07, 6.45) is 2.84. The molecule has 1 atom stereocenters. The maximum Gasteiger partial charge on any atom is 0.343 e. The van der Waals surface area contributed by atoms with Gasteiger partial charge in [-0.3, -0.25) is 4.79 Å². The Morgan fingerprint density at radius 2 is 1.94 bits per heavy atom. The highest BCUT2D eigenvalue weighted by molar-refractivity contribution is 6.69. The molecule has 0 aliphatic carbocycles. The zero-order valence-corrected chi connectivity index (χ0v) is 20.9. The summed E-state index contributed by atoms with van der Waals surface area (Å²) in [4.78, 5) is 41.0. The van der Waals surface area contributed by atoms with Gasteiger partial charge in [-0.15, -0.1) is 0 Å². The lowest BCUT2D eigenvalue weighted by atomic mass is 9.86. The van der Waals surface area contributed by atoms with Crippen LogP contribution in [0.4, 0.5) is 0 Å². The van der Waals surface area contributed by atoms with E-state index in [1.807, 2.05) is 31.3 Å². The maximum absolute atomic E-state index is 13.5. The second-order valence-corrected chi connectivity index (χ2v) is 14.2. The predicted octanol–water partition coefficient (Wildman–Crippen LogP) is 3.60. The largest absolute Gasteiger partial charge is 0.458 e. The fraction of sp³-hybridized carbons (Fsp3) is 0.423. The Balaban J connectivity index is 1.64. The van der Waals surface area contributed by atoms with Crippen molar-refractivity contribution in [2.75, 3.05) is 0 Å². The van der Waals surface area contributed by atoms with Crippen LogP contribution in [0.3, 0.4) is 0 Å². The summed E-state index contributed by atoms with van der Waals surface area (Å²) in [5.74, 6) is -0.715. The second kappa shape index (κ2) is 8.15. The minimum absolute atomic E-state index is 0.121. The first-order valence-corrected chi connectivity index (χ1v) is 15.1. The number of benzene rings is 1. The standard InChI is InChI=1S/C26H30N2O5Si/c1-4-26(31)20-13-22-23-18(14-28(22)24(29)19(20)15-33-25(26)30)16(9-7-8-12-34(2,3)32)17-10-5-6-11-21(17)27-23/h5-6,10-11,13,31-32H,4,7-9,12,14-15H2,1-3H3/t26-/m0/s1. The van der Waals surface area contributed by atoms with Crippen molar-refractivity contribution in [1.29, 1.82) is 0 Å². The van der Waals surface area contributed by atoms with Crippen molar-refractivity contribution in [2.45, 2.75) is 70.5 Å². The molecule has 2 aromatic heterocycles. The Hall–Kier alpha value is -2.81. The molecule has 2 aliphatic rings. The normalized spacial score (nSPS) is 19.0. The highest BCUT2D eigenvalue weighted by Gasteiger charge is 2.45. The molecule has 2 N–H and O–H groups in total. The fourth-order valence-corrected chi connectivity index (χ4v) is 6.37. The SMILES string of the molecule is CC[C@@]1(O)C(=O)OCc2c1cc1n(c2=O)Cc2c-1nc1ccccc1c2CCCC[Si](C)(C)O. The molecule has 4 heterocycles. The first-order valence-electron chi connectivity index (χ1n) is 11.9. The molecule has 0 radical (unpaired) electrons. The van der Waals surface area contributed by atoms with Crippen LogP contribution in [0, 0.1) is 0 Å². The number of rotatable bonds is 6. The van der Waals surface area contributed by atoms with Crippen LogP contribution in [-0.2, 0) is 34.7 Å². The van der Waals surface area contributed by atoms with Crippen molar-refractivity contribution in [3.63, 3.8) is 0 Å². The average molecular weight is 479 g/mol. The Morgan fingerprint density at radius 3 is 2.68 bits per heavy atom. The topological polar surface area (TPSA) is 102 Å². The van der Waals surface area contributed by atoms with Gasteiger partial charge in [-0.2, -0.15) is 0 Å². The highest BCUT2D eigenvalue weighted by Crippen LogP contribution is 2.40. The Bertz CT molecular complexity index is 1370. The van der Waals surface area contributed by atoms with Crippen molar-refractivity contribution in [2.24, 2.45) is 0 Å². The number of fused-ring (bicyclic) bond motifs is 5. The van der Waals surface area contributed by atoms with Gasteiger partial charge < -0.3 is 19.2 Å². The van der Waals surface area contributed by atoms with Crippen LogP contribution in [0.25, 0.3) is 22.3 Å². The molecule has 0 unspecified atom stereocenters. The second-order valence-electron chi connectivity index (χ2n) is 10.1. The van der Waals surface area contributed by atoms with E-state index in [0.29, 0.717) is 23.4 Å². The van der Waals surface area contributed by atoms with Gasteiger partial charge in [0.25, 0.3) is 5.56 Å². The van der Waals surface area contributed by atoms with Crippen LogP contribution < -0.4 is 5.56 Å². The molecule has 178 valence electrons. The third-order valence-electron chi connectivity index (χ3n) is 7.18. The third kappa shape index (κ3) is 3.61. The molecule has 1 aromatic carbocycles. The molecule has 7 nitrogen and oxygen atoms in total. The molecule has 5 rings (SSSR count). The first kappa shape index (κ1) is 23.0. The molecule has 8 heteroatoms. The van der Waals surface area contributed by atoms with Crippen LogP contribution in [0.2, 0.25) is 19.1 Å². The number of unbranched alkanes of at least 4 members (excludes halogenated alkanes) is 1. The van der Waals surface area contributed by atoms with Gasteiger partial charge in [-0.25, -0.2) is 9.78 Å². The molecule has 34 heavy (non-hydrogen) atoms. The molecule has 0 fully saturated rings. The first-order chi connectivity index (χ1) is 16.1. The number of ether oxygens (including phenoxy) is 1. The summed E-state index contributed by atoms with van der Waals surface area (Å²) in [7, 11) is -2.09. The van der Waals surface area contributed by atoms with Crippen molar-refractivity contribution in [3.05, 3.63) is 62.9 Å². The van der Waals surface area contributed by atoms with Gasteiger partial charge in [0.2, 0.25) is 0 Å². The molecule has 0 saturated carbocycles. The van der Waals surface area contributed by atoms with Crippen LogP contribution in [0.15, 0.2) is 35.1 Å². The summed E-state index contributed by atoms with van der Waals surface area (Å²) < 4.78 is 6.87. The maximum atomic E-state index is 13.5. The summed E-state index contributed by atoms with van der Waals surface area (Å²) >= 11 is 0. The number of carbonyl (C=O) groups excluding carboxylic acids is 1. The summed E-state index contributed by atoms with van der Waals surface area (Å²) in [5, 5.41) is 12.2. The monoisotopic (exact) mass is 478 g/mol. The predicted molar refractivity (Wildman–Crippen MR) is 132 cm³/mol. The lowest BCUT2D eigenvalue weighted by Gasteiger charge is -2.31. The Labute approximate surface area is 199 Å². The van der Waals surface area contributed by atoms with Crippen LogP contribution in [0.1, 0.15) is 48.4 Å². The van der Waals surface area contributed by atoms with Crippen molar-refractivity contribution >= 4 is 25.2 Å². The number of cyclic esters (lactones) is 1. The summed E-state index contributed by atoms with van der Waals surface area (Å²) in [6, 6.07) is 10.6. The molecular weight excluding hydrogens is 448 g/mol. The Morgan fingerprint density at radius 1 is 1.18 bits per heavy atom. The van der Waals surface area contributed by atoms with Crippen molar-refractivity contribution in [3.8, 4) is 11.4 Å². The number of aryl methyl sites for hydroxylation is 1. The molecular formula is C26H30N2O5Si. The van der Waals surface area contributed by atoms with E-state index >= 15 is 0 Å². The molecule has 0 saturated heterocycles. The fourth-order valence-electron chi connectivity index (χ4n) is 5.26. The van der Waals surface area contributed by atoms with Gasteiger partial charge in [0.1, 0.15) is 6.61 Å². The molecule has 0 amide bonds. The van der Waals surface area contributed by atoms with Crippen LogP contribution in [-0.4, -0.2) is 33.7 Å². The van der Waals surface area contributed by atoms with E-state index in [1.165, 1.54) is 5.56 Å². The van der Waals surface area contributed by atoms with Gasteiger partial charge in [0.05, 0.1) is 29.0 Å². The van der Waals surface area contributed by atoms with Gasteiger partial charge in [-0.1, -0.05) is 31.5 Å².